The van der Waals surface area contributed by atoms with E-state index in [0.717, 1.165) is 12.8 Å². The van der Waals surface area contributed by atoms with Crippen molar-refractivity contribution in [3.8, 4) is 17.1 Å². The van der Waals surface area contributed by atoms with Gasteiger partial charge >= 0.3 is 0 Å². The van der Waals surface area contributed by atoms with Gasteiger partial charge in [-0.15, -0.1) is 0 Å². The first-order valence-corrected chi connectivity index (χ1v) is 16.7. The number of rotatable bonds is 12. The fraction of sp³-hybridized carbons (Fsp3) is 0.429. The number of anilines is 2. The highest BCUT2D eigenvalue weighted by molar-refractivity contribution is 6.03. The number of pyridine rings is 1. The average Bonchev–Trinajstić information content (AvgIpc) is 3.44. The van der Waals surface area contributed by atoms with Crippen LogP contribution in [0.5, 0.6) is 0 Å². The molecule has 51 heavy (non-hydrogen) atoms. The molecule has 3 atom stereocenters. The van der Waals surface area contributed by atoms with Crippen LogP contribution in [0.1, 0.15) is 68.2 Å². The summed E-state index contributed by atoms with van der Waals surface area (Å²) >= 11 is 0. The summed E-state index contributed by atoms with van der Waals surface area (Å²) in [5, 5.41) is 22.7. The predicted molar refractivity (Wildman–Crippen MR) is 183 cm³/mol. The van der Waals surface area contributed by atoms with Crippen molar-refractivity contribution in [1.29, 1.82) is 0 Å². The number of hydrogen-bond acceptors (Lipinski definition) is 10. The van der Waals surface area contributed by atoms with Crippen molar-refractivity contribution < 1.29 is 32.7 Å². The summed E-state index contributed by atoms with van der Waals surface area (Å²) in [6.45, 7) is 6.44. The first-order valence-electron chi connectivity index (χ1n) is 16.7. The molecule has 1 aromatic carbocycles. The molecule has 1 saturated heterocycles. The molecule has 14 nitrogen and oxygen atoms in total. The topological polar surface area (TPSA) is 194 Å². The number of likely N-dealkylation sites (tertiary alicyclic amines) is 1. The number of aliphatic hydroxyl groups is 1. The highest BCUT2D eigenvalue weighted by Crippen LogP contribution is 2.30. The molecule has 4 aromatic rings. The monoisotopic (exact) mass is 705 g/mol. The number of carbonyl (C=O) groups is 3. The zero-order valence-corrected chi connectivity index (χ0v) is 28.5. The van der Waals surface area contributed by atoms with Gasteiger partial charge in [0.2, 0.25) is 17.7 Å². The van der Waals surface area contributed by atoms with Crippen molar-refractivity contribution in [2.24, 2.45) is 17.1 Å². The van der Waals surface area contributed by atoms with Crippen LogP contribution in [0.15, 0.2) is 59.5 Å². The average molecular weight is 706 g/mol. The summed E-state index contributed by atoms with van der Waals surface area (Å²) in [4.78, 5) is 49.0. The summed E-state index contributed by atoms with van der Waals surface area (Å²) in [5.74, 6) is -0.101. The van der Waals surface area contributed by atoms with E-state index in [9.17, 15) is 28.3 Å². The van der Waals surface area contributed by atoms with Gasteiger partial charge in [-0.3, -0.25) is 14.4 Å². The van der Waals surface area contributed by atoms with E-state index in [0.29, 0.717) is 28.6 Å². The van der Waals surface area contributed by atoms with E-state index >= 15 is 0 Å². The van der Waals surface area contributed by atoms with Crippen LogP contribution >= 0.6 is 0 Å². The molecule has 16 heteroatoms. The van der Waals surface area contributed by atoms with Gasteiger partial charge in [-0.2, -0.15) is 5.10 Å². The first-order chi connectivity index (χ1) is 24.3. The lowest BCUT2D eigenvalue weighted by atomic mass is 9.86. The number of benzene rings is 1. The van der Waals surface area contributed by atoms with E-state index in [4.69, 9.17) is 10.2 Å². The van der Waals surface area contributed by atoms with Crippen LogP contribution in [-0.4, -0.2) is 78.8 Å². The highest BCUT2D eigenvalue weighted by Gasteiger charge is 2.42. The minimum atomic E-state index is -2.99. The molecule has 3 amide bonds. The molecule has 0 radical (unpaired) electrons. The zero-order valence-electron chi connectivity index (χ0n) is 28.5. The Hall–Kier alpha value is -5.22. The maximum Gasteiger partial charge on any atom is 0.284 e. The Balaban J connectivity index is 1.08. The van der Waals surface area contributed by atoms with E-state index < -0.39 is 53.4 Å². The van der Waals surface area contributed by atoms with E-state index in [1.165, 1.54) is 28.6 Å². The second-order valence-electron chi connectivity index (χ2n) is 14.0. The van der Waals surface area contributed by atoms with Crippen LogP contribution in [0, 0.1) is 11.3 Å². The molecule has 1 unspecified atom stereocenters. The summed E-state index contributed by atoms with van der Waals surface area (Å²) in [7, 11) is 0. The summed E-state index contributed by atoms with van der Waals surface area (Å²) in [5.41, 5.74) is 6.39. The minimum Gasteiger partial charge on any atom is -0.444 e. The molecule has 4 heterocycles. The fourth-order valence-corrected chi connectivity index (χ4v) is 5.63. The number of carbonyl (C=O) groups excluding carboxylic acids is 3. The van der Waals surface area contributed by atoms with Crippen LogP contribution < -0.4 is 21.7 Å². The van der Waals surface area contributed by atoms with Crippen LogP contribution in [-0.2, 0) is 16.1 Å². The third-order valence-electron chi connectivity index (χ3n) is 8.94. The smallest absolute Gasteiger partial charge is 0.284 e. The molecule has 6 rings (SSSR count). The zero-order chi connectivity index (χ0) is 36.4. The molecule has 1 aliphatic carbocycles. The van der Waals surface area contributed by atoms with Gasteiger partial charge in [-0.25, -0.2) is 23.4 Å². The predicted octanol–water partition coefficient (Wildman–Crippen LogP) is 3.89. The lowest BCUT2D eigenvalue weighted by Crippen LogP contribution is -2.54. The Labute approximate surface area is 292 Å². The van der Waals surface area contributed by atoms with Crippen molar-refractivity contribution in [1.82, 2.24) is 30.0 Å². The molecule has 2 aliphatic rings. The highest BCUT2D eigenvalue weighted by atomic mass is 19.3. The quantitative estimate of drug-likeness (QED) is 0.144. The Bertz CT molecular complexity index is 1880. The Morgan fingerprint density at radius 3 is 2.57 bits per heavy atom. The molecule has 1 saturated carbocycles. The summed E-state index contributed by atoms with van der Waals surface area (Å²) in [6.07, 6.45) is 2.68. The Kier molecular flexibility index (Phi) is 10.2. The first kappa shape index (κ1) is 35.6. The molecule has 2 fully saturated rings. The lowest BCUT2D eigenvalue weighted by Gasteiger charge is -2.32. The van der Waals surface area contributed by atoms with Gasteiger partial charge in [0.05, 0.1) is 29.7 Å². The third kappa shape index (κ3) is 8.40. The van der Waals surface area contributed by atoms with Gasteiger partial charge in [0.25, 0.3) is 12.3 Å². The van der Waals surface area contributed by atoms with Crippen molar-refractivity contribution in [2.45, 2.75) is 71.2 Å². The number of nitrogens with two attached hydrogens (primary N) is 1. The second-order valence-corrected chi connectivity index (χ2v) is 14.0. The minimum absolute atomic E-state index is 0.0204. The number of alkyl halides is 2. The van der Waals surface area contributed by atoms with Crippen LogP contribution in [0.3, 0.4) is 0 Å². The number of nitrogens with one attached hydrogen (secondary N) is 3. The van der Waals surface area contributed by atoms with Crippen LogP contribution in [0.2, 0.25) is 0 Å². The van der Waals surface area contributed by atoms with E-state index in [1.807, 2.05) is 20.8 Å². The van der Waals surface area contributed by atoms with Crippen LogP contribution in [0.4, 0.5) is 20.3 Å². The molecule has 3 aromatic heterocycles. The van der Waals surface area contributed by atoms with E-state index in [2.05, 4.69) is 31.0 Å². The molecular weight excluding hydrogens is 664 g/mol. The maximum absolute atomic E-state index is 14.0. The normalized spacial score (nSPS) is 18.2. The molecular formula is C35H41F2N9O5. The summed E-state index contributed by atoms with van der Waals surface area (Å²) in [6, 6.07) is 8.36. The molecule has 6 N–H and O–H groups in total. The SMILES string of the molecule is CC(C)(C)C(N)C(=O)N1C[C@H](O)C[C@H]1C(=O)NCc1ccc(-n2cc(NC(=O)c3coc(-c4ccnc(NCC5CC5)c4)n3)c(C(F)F)n2)cc1. The number of oxazole rings is 1. The number of hydrogen-bond donors (Lipinski definition) is 5. The lowest BCUT2D eigenvalue weighted by molar-refractivity contribution is -0.141. The molecule has 0 spiro atoms. The van der Waals surface area contributed by atoms with Crippen molar-refractivity contribution in [3.63, 3.8) is 0 Å². The molecule has 0 bridgehead atoms. The Morgan fingerprint density at radius 2 is 1.88 bits per heavy atom. The fourth-order valence-electron chi connectivity index (χ4n) is 5.63. The number of aromatic nitrogens is 4. The van der Waals surface area contributed by atoms with Crippen molar-refractivity contribution in [3.05, 3.63) is 72.0 Å². The second kappa shape index (κ2) is 14.6. The van der Waals surface area contributed by atoms with Crippen molar-refractivity contribution in [2.75, 3.05) is 23.7 Å². The van der Waals surface area contributed by atoms with Gasteiger partial charge in [0.15, 0.2) is 11.4 Å². The number of amides is 3. The largest absolute Gasteiger partial charge is 0.444 e. The molecule has 270 valence electrons. The van der Waals surface area contributed by atoms with E-state index in [-0.39, 0.29) is 36.8 Å². The third-order valence-corrected chi connectivity index (χ3v) is 8.94. The maximum atomic E-state index is 14.0. The number of aliphatic hydroxyl groups excluding tert-OH is 1. The number of nitrogens with zero attached hydrogens (tertiary/aromatic N) is 5. The van der Waals surface area contributed by atoms with Crippen molar-refractivity contribution >= 4 is 29.2 Å². The molecule has 1 aliphatic heterocycles. The standard InChI is InChI=1S/C35H41F2N9O5/c1-35(2,3)29(38)34(50)45-16-23(47)13-26(45)32(49)41-15-20-6-8-22(9-7-20)46-17-24(28(44-46)30(36)37)42-31(48)25-18-51-33(43-25)21-10-11-39-27(12-21)40-14-19-4-5-19/h6-12,17-19,23,26,29-30,47H,4-5,13-16,38H2,1-3H3,(H,39,40)(H,41,49)(H,42,48)/t23-,26+,29?/m1/s1. The van der Waals surface area contributed by atoms with Gasteiger partial charge in [-0.05, 0) is 54.0 Å². The van der Waals surface area contributed by atoms with Gasteiger partial charge in [-0.1, -0.05) is 32.9 Å². The number of halogens is 2. The summed E-state index contributed by atoms with van der Waals surface area (Å²) < 4.78 is 34.7. The van der Waals surface area contributed by atoms with Gasteiger partial charge in [0.1, 0.15) is 18.1 Å². The van der Waals surface area contributed by atoms with Crippen LogP contribution in [0.25, 0.3) is 17.1 Å². The van der Waals surface area contributed by atoms with Gasteiger partial charge in [0, 0.05) is 37.8 Å². The van der Waals surface area contributed by atoms with Gasteiger partial charge < -0.3 is 36.1 Å². The van der Waals surface area contributed by atoms with E-state index in [1.54, 1.807) is 42.6 Å². The Morgan fingerprint density at radius 1 is 1.14 bits per heavy atom. The number of β-amino-alcohol motifs (C(OH)–C–C–N with tert-alkyl or cyclic N) is 1.